The summed E-state index contributed by atoms with van der Waals surface area (Å²) in [5.41, 5.74) is 0.640. The van der Waals surface area contributed by atoms with Crippen molar-refractivity contribution < 1.29 is 17.6 Å². The largest absolute Gasteiger partial charge is 0.336 e. The van der Waals surface area contributed by atoms with Crippen molar-refractivity contribution in [3.05, 3.63) is 72.1 Å². The molecule has 1 amide bonds. The van der Waals surface area contributed by atoms with E-state index in [0.29, 0.717) is 11.5 Å². The van der Waals surface area contributed by atoms with Gasteiger partial charge in [-0.25, -0.2) is 22.8 Å². The Morgan fingerprint density at radius 3 is 2.39 bits per heavy atom. The highest BCUT2D eigenvalue weighted by molar-refractivity contribution is 7.89. The van der Waals surface area contributed by atoms with Crippen LogP contribution in [0.25, 0.3) is 11.4 Å². The van der Waals surface area contributed by atoms with Crippen molar-refractivity contribution in [3.63, 3.8) is 0 Å². The first-order valence-electron chi connectivity index (χ1n) is 9.67. The van der Waals surface area contributed by atoms with Crippen LogP contribution >= 0.6 is 0 Å². The second-order valence-electron chi connectivity index (χ2n) is 7.02. The van der Waals surface area contributed by atoms with E-state index in [2.05, 4.69) is 15.0 Å². The highest BCUT2D eigenvalue weighted by Gasteiger charge is 2.33. The van der Waals surface area contributed by atoms with Gasteiger partial charge in [-0.1, -0.05) is 18.2 Å². The average molecular weight is 441 g/mol. The van der Waals surface area contributed by atoms with Crippen LogP contribution in [0.1, 0.15) is 16.2 Å². The van der Waals surface area contributed by atoms with Crippen molar-refractivity contribution in [3.8, 4) is 11.4 Å². The number of nitrogens with zero attached hydrogens (tertiary/aromatic N) is 5. The minimum Gasteiger partial charge on any atom is -0.336 e. The van der Waals surface area contributed by atoms with Crippen molar-refractivity contribution in [1.82, 2.24) is 24.2 Å². The molecule has 2 aromatic heterocycles. The number of rotatable bonds is 4. The van der Waals surface area contributed by atoms with Crippen LogP contribution < -0.4 is 0 Å². The zero-order chi connectivity index (χ0) is 22.0. The first-order valence-corrected chi connectivity index (χ1v) is 11.1. The Hall–Kier alpha value is -3.24. The summed E-state index contributed by atoms with van der Waals surface area (Å²) in [6.45, 7) is 2.14. The molecule has 0 radical (unpaired) electrons. The van der Waals surface area contributed by atoms with Gasteiger partial charge in [0.15, 0.2) is 0 Å². The van der Waals surface area contributed by atoms with Gasteiger partial charge in [-0.05, 0) is 31.2 Å². The standard InChI is InChI=1S/C21H20FN5O3S/c1-15-24-14-19(20(25-15)18-8-4-5-9-23-18)31(29,30)27-12-10-26(11-13-27)21(28)16-6-2-3-7-17(16)22/h2-9,14H,10-13H2,1H3. The van der Waals surface area contributed by atoms with Gasteiger partial charge in [0.25, 0.3) is 5.91 Å². The highest BCUT2D eigenvalue weighted by Crippen LogP contribution is 2.27. The molecule has 3 heterocycles. The number of carbonyl (C=O) groups excluding carboxylic acids is 1. The number of benzene rings is 1. The van der Waals surface area contributed by atoms with Gasteiger partial charge in [0.05, 0.1) is 17.5 Å². The summed E-state index contributed by atoms with van der Waals surface area (Å²) >= 11 is 0. The monoisotopic (exact) mass is 441 g/mol. The van der Waals surface area contributed by atoms with E-state index in [-0.39, 0.29) is 42.3 Å². The molecule has 1 fully saturated rings. The molecular formula is C21H20FN5O3S. The predicted molar refractivity (Wildman–Crippen MR) is 111 cm³/mol. The van der Waals surface area contributed by atoms with Crippen molar-refractivity contribution in [2.45, 2.75) is 11.8 Å². The van der Waals surface area contributed by atoms with Gasteiger partial charge in [0.1, 0.15) is 22.2 Å². The summed E-state index contributed by atoms with van der Waals surface area (Å²) in [6, 6.07) is 10.9. The first kappa shape index (κ1) is 21.0. The highest BCUT2D eigenvalue weighted by atomic mass is 32.2. The number of amides is 1. The fraction of sp³-hybridized carbons (Fsp3) is 0.238. The molecule has 0 aliphatic carbocycles. The molecule has 1 aliphatic rings. The maximum Gasteiger partial charge on any atom is 0.256 e. The molecule has 8 nitrogen and oxygen atoms in total. The molecule has 1 aliphatic heterocycles. The van der Waals surface area contributed by atoms with Crippen LogP contribution in [-0.2, 0) is 10.0 Å². The lowest BCUT2D eigenvalue weighted by atomic mass is 10.1. The smallest absolute Gasteiger partial charge is 0.256 e. The number of hydrogen-bond acceptors (Lipinski definition) is 6. The lowest BCUT2D eigenvalue weighted by molar-refractivity contribution is 0.0693. The van der Waals surface area contributed by atoms with Gasteiger partial charge in [-0.2, -0.15) is 4.31 Å². The van der Waals surface area contributed by atoms with E-state index in [1.807, 2.05) is 0 Å². The molecule has 1 saturated heterocycles. The van der Waals surface area contributed by atoms with E-state index in [1.54, 1.807) is 37.4 Å². The second-order valence-corrected chi connectivity index (χ2v) is 8.93. The Morgan fingerprint density at radius 2 is 1.71 bits per heavy atom. The van der Waals surface area contributed by atoms with Crippen LogP contribution in [0.2, 0.25) is 0 Å². The van der Waals surface area contributed by atoms with E-state index < -0.39 is 21.7 Å². The molecule has 4 rings (SSSR count). The summed E-state index contributed by atoms with van der Waals surface area (Å²) in [5.74, 6) is -0.623. The molecular weight excluding hydrogens is 421 g/mol. The van der Waals surface area contributed by atoms with Crippen LogP contribution in [0.4, 0.5) is 4.39 Å². The van der Waals surface area contributed by atoms with Crippen molar-refractivity contribution in [2.75, 3.05) is 26.2 Å². The number of carbonyl (C=O) groups is 1. The number of hydrogen-bond donors (Lipinski definition) is 0. The van der Waals surface area contributed by atoms with Crippen LogP contribution in [0.15, 0.2) is 59.8 Å². The van der Waals surface area contributed by atoms with E-state index in [1.165, 1.54) is 33.6 Å². The van der Waals surface area contributed by atoms with Crippen LogP contribution in [0, 0.1) is 12.7 Å². The fourth-order valence-electron chi connectivity index (χ4n) is 3.41. The minimum atomic E-state index is -3.92. The Bertz CT molecular complexity index is 1210. The third-order valence-electron chi connectivity index (χ3n) is 5.03. The summed E-state index contributed by atoms with van der Waals surface area (Å²) in [5, 5.41) is 0. The maximum absolute atomic E-state index is 13.9. The van der Waals surface area contributed by atoms with Crippen LogP contribution in [-0.4, -0.2) is 64.7 Å². The molecule has 0 bridgehead atoms. The lowest BCUT2D eigenvalue weighted by Gasteiger charge is -2.34. The lowest BCUT2D eigenvalue weighted by Crippen LogP contribution is -2.50. The molecule has 0 N–H and O–H groups in total. The number of aromatic nitrogens is 3. The third-order valence-corrected chi connectivity index (χ3v) is 6.93. The summed E-state index contributed by atoms with van der Waals surface area (Å²) < 4.78 is 41.9. The SMILES string of the molecule is Cc1ncc(S(=O)(=O)N2CCN(C(=O)c3ccccc3F)CC2)c(-c2ccccn2)n1. The number of piperazine rings is 1. The van der Waals surface area contributed by atoms with Crippen molar-refractivity contribution in [2.24, 2.45) is 0 Å². The molecule has 31 heavy (non-hydrogen) atoms. The molecule has 1 aromatic carbocycles. The van der Waals surface area contributed by atoms with Gasteiger partial charge < -0.3 is 4.90 Å². The molecule has 0 saturated carbocycles. The maximum atomic E-state index is 13.9. The molecule has 10 heteroatoms. The zero-order valence-corrected chi connectivity index (χ0v) is 17.6. The summed E-state index contributed by atoms with van der Waals surface area (Å²) in [6.07, 6.45) is 2.86. The summed E-state index contributed by atoms with van der Waals surface area (Å²) in [4.78, 5) is 26.6. The van der Waals surface area contributed by atoms with E-state index >= 15 is 0 Å². The number of halogens is 1. The van der Waals surface area contributed by atoms with Gasteiger partial charge in [-0.15, -0.1) is 0 Å². The Labute approximate surface area is 179 Å². The molecule has 0 spiro atoms. The van der Waals surface area contributed by atoms with Gasteiger partial charge in [-0.3, -0.25) is 9.78 Å². The third kappa shape index (κ3) is 4.17. The summed E-state index contributed by atoms with van der Waals surface area (Å²) in [7, 11) is -3.92. The topological polar surface area (TPSA) is 96.4 Å². The van der Waals surface area contributed by atoms with Crippen LogP contribution in [0.3, 0.4) is 0 Å². The average Bonchev–Trinajstić information content (AvgIpc) is 2.79. The van der Waals surface area contributed by atoms with Gasteiger partial charge >= 0.3 is 0 Å². The van der Waals surface area contributed by atoms with Gasteiger partial charge in [0.2, 0.25) is 10.0 Å². The molecule has 0 atom stereocenters. The van der Waals surface area contributed by atoms with Crippen molar-refractivity contribution in [1.29, 1.82) is 0 Å². The first-order chi connectivity index (χ1) is 14.9. The minimum absolute atomic E-state index is 0.0248. The molecule has 0 unspecified atom stereocenters. The number of pyridine rings is 1. The predicted octanol–water partition coefficient (Wildman–Crippen LogP) is 2.13. The fourth-order valence-corrected chi connectivity index (χ4v) is 4.91. The Balaban J connectivity index is 1.57. The Morgan fingerprint density at radius 1 is 1.00 bits per heavy atom. The molecule has 3 aromatic rings. The Kier molecular flexibility index (Phi) is 5.75. The van der Waals surface area contributed by atoms with Crippen molar-refractivity contribution >= 4 is 15.9 Å². The number of aryl methyl sites for hydroxylation is 1. The quantitative estimate of drug-likeness (QED) is 0.616. The van der Waals surface area contributed by atoms with Crippen LogP contribution in [0.5, 0.6) is 0 Å². The number of sulfonamides is 1. The van der Waals surface area contributed by atoms with Gasteiger partial charge in [0, 0.05) is 32.4 Å². The van der Waals surface area contributed by atoms with E-state index in [0.717, 1.165) is 0 Å². The second kappa shape index (κ2) is 8.48. The van der Waals surface area contributed by atoms with E-state index in [9.17, 15) is 17.6 Å². The van der Waals surface area contributed by atoms with E-state index in [4.69, 9.17) is 0 Å². The molecule has 160 valence electrons. The zero-order valence-electron chi connectivity index (χ0n) is 16.8. The normalized spacial score (nSPS) is 15.1.